The maximum atomic E-state index is 12.8. The molecule has 0 aliphatic carbocycles. The van der Waals surface area contributed by atoms with Crippen molar-refractivity contribution in [2.24, 2.45) is 13.0 Å². The first-order valence-corrected chi connectivity index (χ1v) is 14.9. The van der Waals surface area contributed by atoms with E-state index in [2.05, 4.69) is 27.2 Å². The van der Waals surface area contributed by atoms with E-state index in [0.717, 1.165) is 80.7 Å². The Hall–Kier alpha value is -3.14. The first-order chi connectivity index (χ1) is 19.1. The second-order valence-electron chi connectivity index (χ2n) is 13.1. The third-order valence-corrected chi connectivity index (χ3v) is 9.07. The summed E-state index contributed by atoms with van der Waals surface area (Å²) in [6, 6.07) is 6.78. The van der Waals surface area contributed by atoms with E-state index in [1.807, 2.05) is 43.5 Å². The van der Waals surface area contributed by atoms with Gasteiger partial charge in [0, 0.05) is 63.7 Å². The molecule has 4 fully saturated rings. The Balaban J connectivity index is 1.09. The van der Waals surface area contributed by atoms with Gasteiger partial charge in [0.25, 0.3) is 0 Å². The van der Waals surface area contributed by atoms with Crippen LogP contribution in [0.4, 0.5) is 10.5 Å². The van der Waals surface area contributed by atoms with Crippen LogP contribution in [-0.2, 0) is 21.4 Å². The zero-order chi connectivity index (χ0) is 28.2. The fraction of sp³-hybridized carbons (Fsp3) is 0.667. The summed E-state index contributed by atoms with van der Waals surface area (Å²) in [5.74, 6) is -0.215. The van der Waals surface area contributed by atoms with Crippen molar-refractivity contribution in [3.05, 3.63) is 23.9 Å². The Morgan fingerprint density at radius 3 is 2.40 bits per heavy atom. The second-order valence-corrected chi connectivity index (χ2v) is 13.1. The van der Waals surface area contributed by atoms with Crippen LogP contribution in [0.15, 0.2) is 18.2 Å². The number of para-hydroxylation sites is 1. The monoisotopic (exact) mass is 550 g/mol. The van der Waals surface area contributed by atoms with Gasteiger partial charge in [0.2, 0.25) is 11.8 Å². The van der Waals surface area contributed by atoms with Crippen LogP contribution in [0, 0.1) is 5.92 Å². The van der Waals surface area contributed by atoms with Crippen LogP contribution in [0.5, 0.6) is 0 Å². The van der Waals surface area contributed by atoms with Gasteiger partial charge in [-0.1, -0.05) is 12.1 Å². The number of hydrogen-bond donors (Lipinski definition) is 1. The number of carbonyl (C=O) groups excluding carboxylic acids is 3. The van der Waals surface area contributed by atoms with E-state index >= 15 is 0 Å². The van der Waals surface area contributed by atoms with Crippen LogP contribution in [0.3, 0.4) is 0 Å². The number of ether oxygens (including phenoxy) is 1. The van der Waals surface area contributed by atoms with Gasteiger partial charge in [0.05, 0.1) is 22.8 Å². The molecule has 4 saturated heterocycles. The van der Waals surface area contributed by atoms with Crippen LogP contribution >= 0.6 is 0 Å². The third kappa shape index (κ3) is 5.18. The minimum Gasteiger partial charge on any atom is -0.444 e. The van der Waals surface area contributed by atoms with Gasteiger partial charge in [0.15, 0.2) is 0 Å². The lowest BCUT2D eigenvalue weighted by molar-refractivity contribution is -0.134. The van der Waals surface area contributed by atoms with Crippen LogP contribution in [0.2, 0.25) is 0 Å². The van der Waals surface area contributed by atoms with Gasteiger partial charge >= 0.3 is 6.09 Å². The molecule has 10 heteroatoms. The summed E-state index contributed by atoms with van der Waals surface area (Å²) in [5.41, 5.74) is 2.51. The van der Waals surface area contributed by atoms with Crippen LogP contribution < -0.4 is 10.2 Å². The second kappa shape index (κ2) is 10.4. The molecular formula is C30H42N6O4. The highest BCUT2D eigenvalue weighted by molar-refractivity contribution is 6.03. The first-order valence-electron chi connectivity index (χ1n) is 14.9. The SMILES string of the molecule is Cn1nc(C2CCC(=O)NC2=O)c2cccc(N3CCC(CN4CC5CCC(C4)N5C(=O)OC(C)(C)C)CC3)c21. The summed E-state index contributed by atoms with van der Waals surface area (Å²) in [6.45, 7) is 10.7. The fourth-order valence-corrected chi connectivity index (χ4v) is 7.28. The molecule has 2 bridgehead atoms. The minimum absolute atomic E-state index is 0.155. The highest BCUT2D eigenvalue weighted by Gasteiger charge is 2.44. The van der Waals surface area contributed by atoms with E-state index in [1.54, 1.807) is 0 Å². The topological polar surface area (TPSA) is 100 Å². The molecule has 1 aromatic heterocycles. The number of benzene rings is 1. The summed E-state index contributed by atoms with van der Waals surface area (Å²) in [7, 11) is 1.94. The smallest absolute Gasteiger partial charge is 0.410 e. The zero-order valence-electron chi connectivity index (χ0n) is 24.2. The summed E-state index contributed by atoms with van der Waals surface area (Å²) in [4.78, 5) is 44.1. The number of piperazine rings is 1. The summed E-state index contributed by atoms with van der Waals surface area (Å²) >= 11 is 0. The molecule has 4 aliphatic heterocycles. The van der Waals surface area contributed by atoms with Gasteiger partial charge in [0.1, 0.15) is 5.60 Å². The normalized spacial score (nSPS) is 26.4. The van der Waals surface area contributed by atoms with Gasteiger partial charge in [-0.15, -0.1) is 0 Å². The number of aromatic nitrogens is 2. The molecule has 1 N–H and O–H groups in total. The standard InChI is InChI=1S/C30H42N6O4/c1-30(2,3)40-29(39)36-20-8-9-21(36)18-34(17-20)16-19-12-14-35(15-13-19)24-7-5-6-22-26(32-33(4)27(22)24)23-10-11-25(37)31-28(23)38/h5-7,19-21,23H,8-18H2,1-4H3,(H,31,37,38). The lowest BCUT2D eigenvalue weighted by Crippen LogP contribution is -2.57. The third-order valence-electron chi connectivity index (χ3n) is 9.07. The summed E-state index contributed by atoms with van der Waals surface area (Å²) < 4.78 is 7.60. The molecule has 40 heavy (non-hydrogen) atoms. The maximum Gasteiger partial charge on any atom is 0.410 e. The van der Waals surface area contributed by atoms with E-state index < -0.39 is 11.5 Å². The number of amides is 3. The number of carbonyl (C=O) groups is 3. The average molecular weight is 551 g/mol. The lowest BCUT2D eigenvalue weighted by atomic mass is 9.92. The molecule has 10 nitrogen and oxygen atoms in total. The van der Waals surface area contributed by atoms with Gasteiger partial charge in [-0.3, -0.25) is 29.4 Å². The zero-order valence-corrected chi connectivity index (χ0v) is 24.2. The van der Waals surface area contributed by atoms with Gasteiger partial charge in [-0.2, -0.15) is 5.10 Å². The van der Waals surface area contributed by atoms with Crippen molar-refractivity contribution in [2.75, 3.05) is 37.6 Å². The van der Waals surface area contributed by atoms with Gasteiger partial charge in [-0.05, 0) is 64.9 Å². The number of aryl methyl sites for hydroxylation is 1. The molecule has 3 amide bonds. The highest BCUT2D eigenvalue weighted by atomic mass is 16.6. The number of imide groups is 1. The molecule has 5 heterocycles. The molecule has 0 radical (unpaired) electrons. The average Bonchev–Trinajstić information content (AvgIpc) is 3.37. The number of nitrogens with zero attached hydrogens (tertiary/aromatic N) is 5. The van der Waals surface area contributed by atoms with Crippen molar-refractivity contribution in [3.8, 4) is 0 Å². The van der Waals surface area contributed by atoms with Crippen molar-refractivity contribution in [1.82, 2.24) is 24.9 Å². The van der Waals surface area contributed by atoms with E-state index in [4.69, 9.17) is 9.84 Å². The summed E-state index contributed by atoms with van der Waals surface area (Å²) in [5, 5.41) is 8.24. The van der Waals surface area contributed by atoms with E-state index in [0.29, 0.717) is 18.8 Å². The molecule has 6 rings (SSSR count). The molecular weight excluding hydrogens is 508 g/mol. The fourth-order valence-electron chi connectivity index (χ4n) is 7.28. The quantitative estimate of drug-likeness (QED) is 0.583. The van der Waals surface area contributed by atoms with Crippen molar-refractivity contribution in [3.63, 3.8) is 0 Å². The number of likely N-dealkylation sites (tertiary alicyclic amines) is 1. The van der Waals surface area contributed by atoms with Crippen molar-refractivity contribution in [2.45, 2.75) is 82.9 Å². The molecule has 216 valence electrons. The van der Waals surface area contributed by atoms with E-state index in [-0.39, 0.29) is 30.0 Å². The number of piperidine rings is 2. The molecule has 0 spiro atoms. The molecule has 4 aliphatic rings. The number of hydrogen-bond acceptors (Lipinski definition) is 7. The Bertz CT molecular complexity index is 1290. The van der Waals surface area contributed by atoms with Crippen LogP contribution in [-0.4, -0.2) is 87.9 Å². The number of anilines is 1. The Labute approximate surface area is 236 Å². The van der Waals surface area contributed by atoms with Gasteiger partial charge < -0.3 is 9.64 Å². The molecule has 3 unspecified atom stereocenters. The van der Waals surface area contributed by atoms with Crippen molar-refractivity contribution < 1.29 is 19.1 Å². The lowest BCUT2D eigenvalue weighted by Gasteiger charge is -2.43. The number of nitrogens with one attached hydrogen (secondary N) is 1. The number of fused-ring (bicyclic) bond motifs is 3. The molecule has 3 atom stereocenters. The first kappa shape index (κ1) is 27.1. The summed E-state index contributed by atoms with van der Waals surface area (Å²) in [6.07, 6.45) is 5.06. The molecule has 1 aromatic carbocycles. The molecule has 0 saturated carbocycles. The van der Waals surface area contributed by atoms with Gasteiger partial charge in [-0.25, -0.2) is 4.79 Å². The maximum absolute atomic E-state index is 12.8. The Kier molecular flexibility index (Phi) is 7.01. The van der Waals surface area contributed by atoms with E-state index in [9.17, 15) is 14.4 Å². The van der Waals surface area contributed by atoms with Crippen molar-refractivity contribution in [1.29, 1.82) is 0 Å². The van der Waals surface area contributed by atoms with E-state index in [1.165, 1.54) is 0 Å². The minimum atomic E-state index is -0.464. The largest absolute Gasteiger partial charge is 0.444 e. The Morgan fingerprint density at radius 1 is 1.05 bits per heavy atom. The predicted octanol–water partition coefficient (Wildman–Crippen LogP) is 3.39. The molecule has 2 aromatic rings. The Morgan fingerprint density at radius 2 is 1.75 bits per heavy atom. The highest BCUT2D eigenvalue weighted by Crippen LogP contribution is 2.37. The van der Waals surface area contributed by atoms with Crippen LogP contribution in [0.1, 0.15) is 70.9 Å². The predicted molar refractivity (Wildman–Crippen MR) is 152 cm³/mol. The van der Waals surface area contributed by atoms with Crippen LogP contribution in [0.25, 0.3) is 10.9 Å². The van der Waals surface area contributed by atoms with Crippen molar-refractivity contribution >= 4 is 34.5 Å². The number of rotatable bonds is 4.